The first kappa shape index (κ1) is 12.5. The van der Waals surface area contributed by atoms with Gasteiger partial charge in [0.2, 0.25) is 5.78 Å². The summed E-state index contributed by atoms with van der Waals surface area (Å²) in [6.45, 7) is 0.321. The molecule has 2 N–H and O–H groups in total. The van der Waals surface area contributed by atoms with Crippen molar-refractivity contribution in [3.05, 3.63) is 49.9 Å². The molecular weight excluding hydrogens is 279 g/mol. The Balaban J connectivity index is 2.40. The summed E-state index contributed by atoms with van der Waals surface area (Å²) in [5.74, 6) is -0.242. The Labute approximate surface area is 112 Å². The molecule has 0 aliphatic rings. The number of halogens is 2. The summed E-state index contributed by atoms with van der Waals surface area (Å²) in [5, 5.41) is 2.99. The van der Waals surface area contributed by atoms with E-state index in [0.29, 0.717) is 27.8 Å². The Kier molecular flexibility index (Phi) is 3.79. The maximum Gasteiger partial charge on any atom is 0.213 e. The lowest BCUT2D eigenvalue weighted by Gasteiger charge is -2.02. The summed E-state index contributed by atoms with van der Waals surface area (Å²) in [5.41, 5.74) is 6.15. The van der Waals surface area contributed by atoms with Gasteiger partial charge in [-0.25, -0.2) is 4.98 Å². The SMILES string of the molecule is NCc1nc(C(=O)c2cccc(Cl)c2Cl)cs1. The van der Waals surface area contributed by atoms with E-state index in [4.69, 9.17) is 28.9 Å². The highest BCUT2D eigenvalue weighted by Crippen LogP contribution is 2.27. The van der Waals surface area contributed by atoms with Gasteiger partial charge in [0.25, 0.3) is 0 Å². The predicted octanol–water partition coefficient (Wildman–Crippen LogP) is 3.14. The zero-order valence-electron chi connectivity index (χ0n) is 8.61. The van der Waals surface area contributed by atoms with Crippen LogP contribution in [0.1, 0.15) is 21.1 Å². The normalized spacial score (nSPS) is 10.5. The van der Waals surface area contributed by atoms with E-state index in [-0.39, 0.29) is 10.8 Å². The van der Waals surface area contributed by atoms with Crippen molar-refractivity contribution in [1.29, 1.82) is 0 Å². The van der Waals surface area contributed by atoms with Crippen LogP contribution in [0.4, 0.5) is 0 Å². The fraction of sp³-hybridized carbons (Fsp3) is 0.0909. The largest absolute Gasteiger partial charge is 0.325 e. The van der Waals surface area contributed by atoms with Crippen molar-refractivity contribution in [3.63, 3.8) is 0 Å². The van der Waals surface area contributed by atoms with Gasteiger partial charge in [0.05, 0.1) is 10.0 Å². The smallest absolute Gasteiger partial charge is 0.213 e. The van der Waals surface area contributed by atoms with Gasteiger partial charge in [-0.2, -0.15) is 0 Å². The van der Waals surface area contributed by atoms with Crippen molar-refractivity contribution < 1.29 is 4.79 Å². The van der Waals surface area contributed by atoms with Gasteiger partial charge in [0, 0.05) is 17.5 Å². The zero-order valence-corrected chi connectivity index (χ0v) is 10.9. The minimum atomic E-state index is -0.242. The molecule has 0 aliphatic heterocycles. The number of hydrogen-bond donors (Lipinski definition) is 1. The Hall–Kier alpha value is -0.940. The number of carbonyl (C=O) groups is 1. The molecule has 1 heterocycles. The van der Waals surface area contributed by atoms with Gasteiger partial charge in [-0.1, -0.05) is 29.3 Å². The topological polar surface area (TPSA) is 56.0 Å². The third-order valence-corrected chi connectivity index (χ3v) is 3.85. The molecule has 0 bridgehead atoms. The zero-order chi connectivity index (χ0) is 12.4. The first-order valence-corrected chi connectivity index (χ1v) is 6.40. The molecule has 1 aromatic carbocycles. The van der Waals surface area contributed by atoms with Gasteiger partial charge < -0.3 is 5.73 Å². The third kappa shape index (κ3) is 2.50. The van der Waals surface area contributed by atoms with Crippen LogP contribution in [0.15, 0.2) is 23.6 Å². The summed E-state index contributed by atoms with van der Waals surface area (Å²) in [6, 6.07) is 4.93. The molecule has 1 aromatic heterocycles. The second-order valence-electron chi connectivity index (χ2n) is 3.26. The standard InChI is InChI=1S/C11H8Cl2N2OS/c12-7-3-1-2-6(10(7)13)11(16)8-5-17-9(4-14)15-8/h1-3,5H,4,14H2. The Bertz CT molecular complexity index is 568. The van der Waals surface area contributed by atoms with Crippen molar-refractivity contribution in [1.82, 2.24) is 4.98 Å². The molecule has 0 amide bonds. The Morgan fingerprint density at radius 3 is 2.82 bits per heavy atom. The van der Waals surface area contributed by atoms with Gasteiger partial charge in [-0.3, -0.25) is 4.79 Å². The van der Waals surface area contributed by atoms with Crippen LogP contribution in [0.2, 0.25) is 10.0 Å². The second-order valence-corrected chi connectivity index (χ2v) is 4.99. The fourth-order valence-electron chi connectivity index (χ4n) is 1.33. The Morgan fingerprint density at radius 1 is 1.41 bits per heavy atom. The molecule has 0 atom stereocenters. The number of ketones is 1. The minimum Gasteiger partial charge on any atom is -0.325 e. The monoisotopic (exact) mass is 286 g/mol. The predicted molar refractivity (Wildman–Crippen MR) is 69.9 cm³/mol. The van der Waals surface area contributed by atoms with E-state index in [0.717, 1.165) is 0 Å². The van der Waals surface area contributed by atoms with Gasteiger partial charge >= 0.3 is 0 Å². The number of thiazole rings is 1. The van der Waals surface area contributed by atoms with Crippen molar-refractivity contribution in [3.8, 4) is 0 Å². The summed E-state index contributed by atoms with van der Waals surface area (Å²) >= 11 is 13.2. The number of hydrogen-bond acceptors (Lipinski definition) is 4. The summed E-state index contributed by atoms with van der Waals surface area (Å²) in [6.07, 6.45) is 0. The highest BCUT2D eigenvalue weighted by molar-refractivity contribution is 7.09. The molecule has 0 saturated carbocycles. The lowest BCUT2D eigenvalue weighted by molar-refractivity contribution is 0.103. The lowest BCUT2D eigenvalue weighted by atomic mass is 10.1. The van der Waals surface area contributed by atoms with Crippen molar-refractivity contribution in [2.75, 3.05) is 0 Å². The highest BCUT2D eigenvalue weighted by atomic mass is 35.5. The maximum atomic E-state index is 12.1. The molecule has 17 heavy (non-hydrogen) atoms. The van der Waals surface area contributed by atoms with Gasteiger partial charge in [-0.05, 0) is 12.1 Å². The van der Waals surface area contributed by atoms with Crippen LogP contribution in [0.5, 0.6) is 0 Å². The maximum absolute atomic E-state index is 12.1. The van der Waals surface area contributed by atoms with Gasteiger partial charge in [0.15, 0.2) is 0 Å². The molecular formula is C11H8Cl2N2OS. The molecule has 2 aromatic rings. The van der Waals surface area contributed by atoms with Crippen molar-refractivity contribution in [2.45, 2.75) is 6.54 Å². The number of aromatic nitrogens is 1. The van der Waals surface area contributed by atoms with Crippen LogP contribution in [0.25, 0.3) is 0 Å². The fourth-order valence-corrected chi connectivity index (χ4v) is 2.37. The van der Waals surface area contributed by atoms with Crippen molar-refractivity contribution in [2.24, 2.45) is 5.73 Å². The van der Waals surface area contributed by atoms with E-state index >= 15 is 0 Å². The number of carbonyl (C=O) groups excluding carboxylic acids is 1. The van der Waals surface area contributed by atoms with Crippen LogP contribution in [0.3, 0.4) is 0 Å². The molecule has 0 aliphatic carbocycles. The number of rotatable bonds is 3. The van der Waals surface area contributed by atoms with Crippen LogP contribution in [-0.2, 0) is 6.54 Å². The summed E-state index contributed by atoms with van der Waals surface area (Å²) in [4.78, 5) is 16.2. The molecule has 0 fully saturated rings. The summed E-state index contributed by atoms with van der Waals surface area (Å²) < 4.78 is 0. The minimum absolute atomic E-state index is 0.242. The van der Waals surface area contributed by atoms with Crippen LogP contribution in [0, 0.1) is 0 Å². The molecule has 3 nitrogen and oxygen atoms in total. The average Bonchev–Trinajstić information content (AvgIpc) is 2.80. The van der Waals surface area contributed by atoms with E-state index in [2.05, 4.69) is 4.98 Å². The first-order chi connectivity index (χ1) is 8.13. The van der Waals surface area contributed by atoms with E-state index in [1.54, 1.807) is 23.6 Å². The van der Waals surface area contributed by atoms with Gasteiger partial charge in [0.1, 0.15) is 10.7 Å². The van der Waals surface area contributed by atoms with E-state index in [1.807, 2.05) is 0 Å². The van der Waals surface area contributed by atoms with E-state index < -0.39 is 0 Å². The highest BCUT2D eigenvalue weighted by Gasteiger charge is 2.17. The molecule has 2 rings (SSSR count). The quantitative estimate of drug-likeness (QED) is 0.882. The number of benzene rings is 1. The molecule has 0 unspecified atom stereocenters. The summed E-state index contributed by atoms with van der Waals surface area (Å²) in [7, 11) is 0. The lowest BCUT2D eigenvalue weighted by Crippen LogP contribution is -2.04. The number of nitrogens with two attached hydrogens (primary N) is 1. The molecule has 0 radical (unpaired) electrons. The Morgan fingerprint density at radius 2 is 2.18 bits per heavy atom. The average molecular weight is 287 g/mol. The molecule has 6 heteroatoms. The first-order valence-electron chi connectivity index (χ1n) is 4.76. The molecule has 0 saturated heterocycles. The van der Waals surface area contributed by atoms with Crippen LogP contribution < -0.4 is 5.73 Å². The molecule has 88 valence electrons. The third-order valence-electron chi connectivity index (χ3n) is 2.16. The molecule has 0 spiro atoms. The van der Waals surface area contributed by atoms with Gasteiger partial charge in [-0.15, -0.1) is 11.3 Å². The van der Waals surface area contributed by atoms with E-state index in [1.165, 1.54) is 11.3 Å². The van der Waals surface area contributed by atoms with Crippen LogP contribution in [-0.4, -0.2) is 10.8 Å². The number of nitrogens with zero attached hydrogens (tertiary/aromatic N) is 1. The van der Waals surface area contributed by atoms with Crippen LogP contribution >= 0.6 is 34.5 Å². The second kappa shape index (κ2) is 5.14. The van der Waals surface area contributed by atoms with Crippen molar-refractivity contribution >= 4 is 40.3 Å². The van der Waals surface area contributed by atoms with E-state index in [9.17, 15) is 4.79 Å².